The fourth-order valence-corrected chi connectivity index (χ4v) is 2.26. The smallest absolute Gasteiger partial charge is 0.420 e. The summed E-state index contributed by atoms with van der Waals surface area (Å²) in [6.45, 7) is 0. The molecule has 1 aromatic carbocycles. The fraction of sp³-hybridized carbons (Fsp3) is 0.133. The van der Waals surface area contributed by atoms with E-state index in [1.165, 1.54) is 0 Å². The maximum atomic E-state index is 13.1. The average molecular weight is 321 g/mol. The van der Waals surface area contributed by atoms with Gasteiger partial charge in [-0.05, 0) is 6.07 Å². The van der Waals surface area contributed by atoms with E-state index >= 15 is 0 Å². The van der Waals surface area contributed by atoms with E-state index in [2.05, 4.69) is 14.8 Å². The number of fused-ring (bicyclic) bond motifs is 1. The van der Waals surface area contributed by atoms with Crippen molar-refractivity contribution in [2.75, 3.05) is 7.11 Å². The lowest BCUT2D eigenvalue weighted by molar-refractivity contribution is -0.136. The first-order valence-corrected chi connectivity index (χ1v) is 6.52. The number of imidazole rings is 1. The number of alkyl halides is 3. The molecule has 0 spiro atoms. The average Bonchev–Trinajstić information content (AvgIpc) is 2.93. The number of hydrogen-bond donors (Lipinski definition) is 0. The molecule has 23 heavy (non-hydrogen) atoms. The summed E-state index contributed by atoms with van der Waals surface area (Å²) >= 11 is 0. The largest absolute Gasteiger partial charge is 0.464 e. The molecule has 0 aliphatic carbocycles. The molecule has 0 bridgehead atoms. The minimum atomic E-state index is -4.61. The van der Waals surface area contributed by atoms with Crippen LogP contribution in [0.3, 0.4) is 0 Å². The van der Waals surface area contributed by atoms with Gasteiger partial charge >= 0.3 is 12.1 Å². The maximum absolute atomic E-state index is 13.1. The molecule has 2 heterocycles. The zero-order valence-corrected chi connectivity index (χ0v) is 11.8. The molecule has 3 aromatic rings. The van der Waals surface area contributed by atoms with Crippen molar-refractivity contribution in [3.63, 3.8) is 0 Å². The van der Waals surface area contributed by atoms with Gasteiger partial charge in [0.2, 0.25) is 0 Å². The van der Waals surface area contributed by atoms with Crippen molar-refractivity contribution in [2.45, 2.75) is 6.18 Å². The number of carbonyl (C=O) groups excluding carboxylic acids is 1. The van der Waals surface area contributed by atoms with E-state index in [1.54, 1.807) is 30.3 Å². The van der Waals surface area contributed by atoms with Crippen LogP contribution in [0.1, 0.15) is 16.1 Å². The predicted molar refractivity (Wildman–Crippen MR) is 74.8 cm³/mol. The molecule has 8 heteroatoms. The highest BCUT2D eigenvalue weighted by atomic mass is 19.4. The standard InChI is InChI=1S/C15H10F3N3O2/c1-23-14(22)11-12(9-5-3-2-4-6-9)21-13(20-11)10(7-8-19-21)15(16,17)18/h2-8H,1H3. The molecule has 0 aliphatic heterocycles. The van der Waals surface area contributed by atoms with Crippen LogP contribution in [0.25, 0.3) is 16.9 Å². The number of nitrogens with zero attached hydrogens (tertiary/aromatic N) is 3. The van der Waals surface area contributed by atoms with Crippen LogP contribution in [-0.2, 0) is 10.9 Å². The Morgan fingerprint density at radius 1 is 1.17 bits per heavy atom. The van der Waals surface area contributed by atoms with Crippen molar-refractivity contribution in [1.29, 1.82) is 0 Å². The number of halogens is 3. The lowest BCUT2D eigenvalue weighted by Crippen LogP contribution is -2.09. The topological polar surface area (TPSA) is 56.5 Å². The van der Waals surface area contributed by atoms with Gasteiger partial charge in [-0.25, -0.2) is 14.3 Å². The summed E-state index contributed by atoms with van der Waals surface area (Å²) in [6, 6.07) is 9.26. The van der Waals surface area contributed by atoms with Gasteiger partial charge in [-0.2, -0.15) is 18.3 Å². The molecule has 0 aliphatic rings. The summed E-state index contributed by atoms with van der Waals surface area (Å²) in [5.41, 5.74) is -0.979. The number of rotatable bonds is 2. The summed E-state index contributed by atoms with van der Waals surface area (Å²) in [7, 11) is 1.14. The molecular formula is C15H10F3N3O2. The Balaban J connectivity index is 2.39. The van der Waals surface area contributed by atoms with Gasteiger partial charge in [0, 0.05) is 11.8 Å². The van der Waals surface area contributed by atoms with Crippen molar-refractivity contribution in [3.8, 4) is 11.3 Å². The van der Waals surface area contributed by atoms with Crippen LogP contribution in [0.4, 0.5) is 13.2 Å². The number of ether oxygens (including phenoxy) is 1. The van der Waals surface area contributed by atoms with Crippen molar-refractivity contribution < 1.29 is 22.7 Å². The van der Waals surface area contributed by atoms with E-state index in [9.17, 15) is 18.0 Å². The Hall–Kier alpha value is -2.90. The van der Waals surface area contributed by atoms with Gasteiger partial charge in [-0.15, -0.1) is 0 Å². The molecule has 0 radical (unpaired) electrons. The molecule has 0 saturated carbocycles. The highest BCUT2D eigenvalue weighted by Gasteiger charge is 2.36. The zero-order chi connectivity index (χ0) is 16.6. The molecule has 5 nitrogen and oxygen atoms in total. The van der Waals surface area contributed by atoms with Crippen LogP contribution >= 0.6 is 0 Å². The minimum Gasteiger partial charge on any atom is -0.464 e. The molecule has 3 rings (SSSR count). The molecule has 2 aromatic heterocycles. The third-order valence-corrected chi connectivity index (χ3v) is 3.25. The van der Waals surface area contributed by atoms with Gasteiger partial charge in [-0.1, -0.05) is 30.3 Å². The second-order valence-corrected chi connectivity index (χ2v) is 4.64. The van der Waals surface area contributed by atoms with E-state index in [1.807, 2.05) is 0 Å². The SMILES string of the molecule is COC(=O)c1nc2c(C(F)(F)F)ccnn2c1-c1ccccc1. The van der Waals surface area contributed by atoms with Crippen LogP contribution in [0, 0.1) is 0 Å². The van der Waals surface area contributed by atoms with Gasteiger partial charge < -0.3 is 4.74 Å². The third kappa shape index (κ3) is 2.52. The summed E-state index contributed by atoms with van der Waals surface area (Å²) in [5, 5.41) is 3.92. The Kier molecular flexibility index (Phi) is 3.51. The molecule has 0 amide bonds. The quantitative estimate of drug-likeness (QED) is 0.680. The lowest BCUT2D eigenvalue weighted by Gasteiger charge is -2.07. The normalized spacial score (nSPS) is 11.7. The first-order chi connectivity index (χ1) is 10.9. The fourth-order valence-electron chi connectivity index (χ4n) is 2.26. The van der Waals surface area contributed by atoms with Crippen LogP contribution in [-0.4, -0.2) is 27.7 Å². The van der Waals surface area contributed by atoms with E-state index in [-0.39, 0.29) is 11.4 Å². The van der Waals surface area contributed by atoms with Gasteiger partial charge in [0.15, 0.2) is 11.3 Å². The summed E-state index contributed by atoms with van der Waals surface area (Å²) in [5.74, 6) is -0.831. The molecule has 0 saturated heterocycles. The van der Waals surface area contributed by atoms with Crippen molar-refractivity contribution in [2.24, 2.45) is 0 Å². The van der Waals surface area contributed by atoms with E-state index < -0.39 is 23.4 Å². The second-order valence-electron chi connectivity index (χ2n) is 4.64. The molecule has 118 valence electrons. The number of esters is 1. The van der Waals surface area contributed by atoms with Gasteiger partial charge in [-0.3, -0.25) is 0 Å². The summed E-state index contributed by atoms with van der Waals surface area (Å²) in [4.78, 5) is 15.8. The Morgan fingerprint density at radius 3 is 2.48 bits per heavy atom. The highest BCUT2D eigenvalue weighted by molar-refractivity contribution is 5.95. The molecular weight excluding hydrogens is 311 g/mol. The monoisotopic (exact) mass is 321 g/mol. The van der Waals surface area contributed by atoms with Gasteiger partial charge in [0.1, 0.15) is 11.3 Å². The van der Waals surface area contributed by atoms with Crippen LogP contribution in [0.15, 0.2) is 42.6 Å². The summed E-state index contributed by atoms with van der Waals surface area (Å²) < 4.78 is 45.1. The van der Waals surface area contributed by atoms with Crippen molar-refractivity contribution in [3.05, 3.63) is 53.9 Å². The molecule has 0 N–H and O–H groups in total. The predicted octanol–water partition coefficient (Wildman–Crippen LogP) is 3.20. The number of methoxy groups -OCH3 is 1. The Morgan fingerprint density at radius 2 is 1.87 bits per heavy atom. The first kappa shape index (κ1) is 15.0. The van der Waals surface area contributed by atoms with E-state index in [4.69, 9.17) is 0 Å². The molecule has 0 unspecified atom stereocenters. The maximum Gasteiger partial charge on any atom is 0.420 e. The van der Waals surface area contributed by atoms with Crippen molar-refractivity contribution in [1.82, 2.24) is 14.6 Å². The van der Waals surface area contributed by atoms with Crippen LogP contribution < -0.4 is 0 Å². The number of benzene rings is 1. The number of carbonyl (C=O) groups is 1. The molecule has 0 atom stereocenters. The molecule has 0 fully saturated rings. The van der Waals surface area contributed by atoms with E-state index in [0.29, 0.717) is 5.56 Å². The van der Waals surface area contributed by atoms with Crippen molar-refractivity contribution >= 4 is 11.6 Å². The number of aromatic nitrogens is 3. The second kappa shape index (κ2) is 5.38. The third-order valence-electron chi connectivity index (χ3n) is 3.25. The first-order valence-electron chi connectivity index (χ1n) is 6.52. The zero-order valence-electron chi connectivity index (χ0n) is 11.8. The minimum absolute atomic E-state index is 0.151. The number of hydrogen-bond acceptors (Lipinski definition) is 4. The van der Waals surface area contributed by atoms with Gasteiger partial charge in [0.05, 0.1) is 7.11 Å². The highest BCUT2D eigenvalue weighted by Crippen LogP contribution is 2.34. The Bertz CT molecular complexity index is 873. The van der Waals surface area contributed by atoms with E-state index in [0.717, 1.165) is 23.9 Å². The summed E-state index contributed by atoms with van der Waals surface area (Å²) in [6.07, 6.45) is -3.60. The van der Waals surface area contributed by atoms with Crippen LogP contribution in [0.2, 0.25) is 0 Å². The Labute approximate surface area is 128 Å². The van der Waals surface area contributed by atoms with Crippen LogP contribution in [0.5, 0.6) is 0 Å². The lowest BCUT2D eigenvalue weighted by atomic mass is 10.1. The van der Waals surface area contributed by atoms with Gasteiger partial charge in [0.25, 0.3) is 0 Å².